The first-order chi connectivity index (χ1) is 9.06. The summed E-state index contributed by atoms with van der Waals surface area (Å²) in [5.74, 6) is 0.517. The fourth-order valence-electron chi connectivity index (χ4n) is 1.97. The van der Waals surface area contributed by atoms with Crippen molar-refractivity contribution in [2.45, 2.75) is 23.8 Å². The van der Waals surface area contributed by atoms with Crippen LogP contribution in [0.4, 0.5) is 0 Å². The Morgan fingerprint density at radius 2 is 2.00 bits per heavy atom. The predicted octanol–water partition coefficient (Wildman–Crippen LogP) is 3.46. The second-order valence-electron chi connectivity index (χ2n) is 4.58. The van der Waals surface area contributed by atoms with Crippen molar-refractivity contribution in [1.29, 1.82) is 0 Å². The number of nitrogens with two attached hydrogens (primary N) is 1. The molecule has 3 nitrogen and oxygen atoms in total. The van der Waals surface area contributed by atoms with Crippen LogP contribution in [0.3, 0.4) is 0 Å². The van der Waals surface area contributed by atoms with E-state index in [0.717, 1.165) is 30.8 Å². The molecule has 7 heteroatoms. The van der Waals surface area contributed by atoms with Crippen LogP contribution in [-0.2, 0) is 4.79 Å². The van der Waals surface area contributed by atoms with Crippen molar-refractivity contribution in [2.24, 2.45) is 5.73 Å². The van der Waals surface area contributed by atoms with E-state index in [1.54, 1.807) is 18.2 Å². The lowest BCUT2D eigenvalue weighted by atomic mass is 10.1. The fourth-order valence-corrected chi connectivity index (χ4v) is 3.36. The van der Waals surface area contributed by atoms with Crippen LogP contribution in [0.1, 0.15) is 12.8 Å². The monoisotopic (exact) mass is 354 g/mol. The Morgan fingerprint density at radius 3 is 2.65 bits per heavy atom. The molecule has 0 atom stereocenters. The molecular formula is C13H17Cl3N2OS. The quantitative estimate of drug-likeness (QED) is 0.845. The molecule has 1 amide bonds. The number of halogens is 3. The maximum atomic E-state index is 12.1. The van der Waals surface area contributed by atoms with Gasteiger partial charge in [0, 0.05) is 29.0 Å². The van der Waals surface area contributed by atoms with Gasteiger partial charge in [-0.3, -0.25) is 4.79 Å². The van der Waals surface area contributed by atoms with Gasteiger partial charge in [-0.05, 0) is 31.0 Å². The van der Waals surface area contributed by atoms with Crippen molar-refractivity contribution in [2.75, 3.05) is 18.8 Å². The average Bonchev–Trinajstić information content (AvgIpc) is 2.40. The van der Waals surface area contributed by atoms with Crippen LogP contribution in [0, 0.1) is 0 Å². The van der Waals surface area contributed by atoms with Gasteiger partial charge in [-0.15, -0.1) is 24.2 Å². The van der Waals surface area contributed by atoms with E-state index in [0.29, 0.717) is 15.8 Å². The minimum Gasteiger partial charge on any atom is -0.342 e. The summed E-state index contributed by atoms with van der Waals surface area (Å²) < 4.78 is 0. The van der Waals surface area contributed by atoms with Crippen LogP contribution < -0.4 is 5.73 Å². The molecule has 1 heterocycles. The zero-order valence-corrected chi connectivity index (χ0v) is 14.0. The van der Waals surface area contributed by atoms with Crippen molar-refractivity contribution in [3.8, 4) is 0 Å². The first kappa shape index (κ1) is 17.9. The molecule has 1 aromatic rings. The predicted molar refractivity (Wildman–Crippen MR) is 88.2 cm³/mol. The second-order valence-corrected chi connectivity index (χ2v) is 6.44. The number of piperidine rings is 1. The Kier molecular flexibility index (Phi) is 7.48. The molecule has 1 aromatic carbocycles. The van der Waals surface area contributed by atoms with Gasteiger partial charge in [-0.1, -0.05) is 23.2 Å². The zero-order valence-electron chi connectivity index (χ0n) is 10.9. The van der Waals surface area contributed by atoms with Gasteiger partial charge in [0.1, 0.15) is 0 Å². The third-order valence-corrected chi connectivity index (χ3v) is 4.85. The molecule has 112 valence electrons. The normalized spacial score (nSPS) is 15.8. The van der Waals surface area contributed by atoms with Gasteiger partial charge in [-0.2, -0.15) is 0 Å². The standard InChI is InChI=1S/C13H16Cl2N2OS.ClH/c14-9-1-2-11(15)12(7-9)19-8-13(18)17-5-3-10(16)4-6-17;/h1-2,7,10H,3-6,8,16H2;1H. The number of carbonyl (C=O) groups is 1. The molecular weight excluding hydrogens is 339 g/mol. The van der Waals surface area contributed by atoms with Crippen molar-refractivity contribution in [1.82, 2.24) is 4.90 Å². The Hall–Kier alpha value is -0.130. The van der Waals surface area contributed by atoms with Crippen LogP contribution in [0.5, 0.6) is 0 Å². The molecule has 1 fully saturated rings. The van der Waals surface area contributed by atoms with Crippen molar-refractivity contribution < 1.29 is 4.79 Å². The highest BCUT2D eigenvalue weighted by atomic mass is 35.5. The lowest BCUT2D eigenvalue weighted by Gasteiger charge is -2.30. The zero-order chi connectivity index (χ0) is 13.8. The largest absolute Gasteiger partial charge is 0.342 e. The first-order valence-corrected chi connectivity index (χ1v) is 7.91. The summed E-state index contributed by atoms with van der Waals surface area (Å²) in [6, 6.07) is 5.51. The summed E-state index contributed by atoms with van der Waals surface area (Å²) in [6.45, 7) is 1.51. The summed E-state index contributed by atoms with van der Waals surface area (Å²) in [6.07, 6.45) is 1.77. The van der Waals surface area contributed by atoms with Gasteiger partial charge in [0.15, 0.2) is 0 Å². The summed E-state index contributed by atoms with van der Waals surface area (Å²) in [5, 5.41) is 1.26. The molecule has 0 bridgehead atoms. The lowest BCUT2D eigenvalue weighted by molar-refractivity contribution is -0.129. The number of carbonyl (C=O) groups excluding carboxylic acids is 1. The summed E-state index contributed by atoms with van der Waals surface area (Å²) >= 11 is 13.4. The maximum Gasteiger partial charge on any atom is 0.232 e. The van der Waals surface area contributed by atoms with Gasteiger partial charge >= 0.3 is 0 Å². The minimum absolute atomic E-state index is 0. The summed E-state index contributed by atoms with van der Waals surface area (Å²) in [4.78, 5) is 14.8. The van der Waals surface area contributed by atoms with Gasteiger partial charge in [0.2, 0.25) is 5.91 Å². The molecule has 1 aliphatic heterocycles. The van der Waals surface area contributed by atoms with Crippen molar-refractivity contribution in [3.05, 3.63) is 28.2 Å². The lowest BCUT2D eigenvalue weighted by Crippen LogP contribution is -2.43. The van der Waals surface area contributed by atoms with Crippen molar-refractivity contribution in [3.63, 3.8) is 0 Å². The maximum absolute atomic E-state index is 12.1. The number of benzene rings is 1. The van der Waals surface area contributed by atoms with E-state index in [1.165, 1.54) is 11.8 Å². The molecule has 0 unspecified atom stereocenters. The van der Waals surface area contributed by atoms with Gasteiger partial charge in [0.25, 0.3) is 0 Å². The molecule has 2 rings (SSSR count). The number of likely N-dealkylation sites (tertiary alicyclic amines) is 1. The Balaban J connectivity index is 0.00000200. The van der Waals surface area contributed by atoms with Crippen LogP contribution in [0.2, 0.25) is 10.0 Å². The molecule has 1 aliphatic rings. The minimum atomic E-state index is 0. The topological polar surface area (TPSA) is 46.3 Å². The number of hydrogen-bond donors (Lipinski definition) is 1. The highest BCUT2D eigenvalue weighted by Crippen LogP contribution is 2.30. The van der Waals surface area contributed by atoms with E-state index in [2.05, 4.69) is 0 Å². The third-order valence-electron chi connectivity index (χ3n) is 3.14. The van der Waals surface area contributed by atoms with Crippen LogP contribution >= 0.6 is 47.4 Å². The van der Waals surface area contributed by atoms with E-state index in [1.807, 2.05) is 4.90 Å². The van der Waals surface area contributed by atoms with Gasteiger partial charge in [0.05, 0.1) is 10.8 Å². The van der Waals surface area contributed by atoms with E-state index in [-0.39, 0.29) is 24.4 Å². The van der Waals surface area contributed by atoms with Gasteiger partial charge < -0.3 is 10.6 Å². The number of rotatable bonds is 3. The van der Waals surface area contributed by atoms with Gasteiger partial charge in [-0.25, -0.2) is 0 Å². The molecule has 20 heavy (non-hydrogen) atoms. The SMILES string of the molecule is Cl.NC1CCN(C(=O)CSc2cc(Cl)ccc2Cl)CC1. The highest BCUT2D eigenvalue weighted by molar-refractivity contribution is 8.00. The smallest absolute Gasteiger partial charge is 0.232 e. The second kappa shape index (κ2) is 8.35. The number of hydrogen-bond acceptors (Lipinski definition) is 3. The van der Waals surface area contributed by atoms with Crippen LogP contribution in [-0.4, -0.2) is 35.7 Å². The molecule has 0 spiro atoms. The van der Waals surface area contributed by atoms with E-state index < -0.39 is 0 Å². The fraction of sp³-hybridized carbons (Fsp3) is 0.462. The summed E-state index contributed by atoms with van der Waals surface area (Å²) in [5.41, 5.74) is 5.82. The number of amides is 1. The molecule has 0 saturated carbocycles. The highest BCUT2D eigenvalue weighted by Gasteiger charge is 2.20. The molecule has 1 saturated heterocycles. The molecule has 0 radical (unpaired) electrons. The third kappa shape index (κ3) is 5.01. The van der Waals surface area contributed by atoms with E-state index in [9.17, 15) is 4.79 Å². The van der Waals surface area contributed by atoms with Crippen LogP contribution in [0.25, 0.3) is 0 Å². The Labute approximate surface area is 139 Å². The Morgan fingerprint density at radius 1 is 1.35 bits per heavy atom. The first-order valence-electron chi connectivity index (χ1n) is 6.17. The molecule has 2 N–H and O–H groups in total. The van der Waals surface area contributed by atoms with Crippen molar-refractivity contribution >= 4 is 53.3 Å². The molecule has 0 aromatic heterocycles. The number of nitrogens with zero attached hydrogens (tertiary/aromatic N) is 1. The van der Waals surface area contributed by atoms with E-state index in [4.69, 9.17) is 28.9 Å². The van der Waals surface area contributed by atoms with Crippen LogP contribution in [0.15, 0.2) is 23.1 Å². The number of thioether (sulfide) groups is 1. The summed E-state index contributed by atoms with van der Waals surface area (Å²) in [7, 11) is 0. The molecule has 0 aliphatic carbocycles. The average molecular weight is 356 g/mol. The Bertz CT molecular complexity index is 465. The van der Waals surface area contributed by atoms with E-state index >= 15 is 0 Å².